The summed E-state index contributed by atoms with van der Waals surface area (Å²) in [6.45, 7) is 3.99. The fourth-order valence-electron chi connectivity index (χ4n) is 2.49. The fraction of sp³-hybridized carbons (Fsp3) is 0.933. The van der Waals surface area contributed by atoms with Crippen molar-refractivity contribution in [2.75, 3.05) is 0 Å². The first-order chi connectivity index (χ1) is 11.6. The minimum absolute atomic E-state index is 0.144. The van der Waals surface area contributed by atoms with Crippen LogP contribution in [0.25, 0.3) is 0 Å². The van der Waals surface area contributed by atoms with Crippen LogP contribution in [0.2, 0.25) is 0 Å². The van der Waals surface area contributed by atoms with Crippen LogP contribution in [0.1, 0.15) is 47.5 Å². The minimum atomic E-state index is -6.16. The normalized spacial score (nSPS) is 31.5. The van der Waals surface area contributed by atoms with E-state index in [1.807, 2.05) is 0 Å². The lowest BCUT2D eigenvalue weighted by atomic mass is 9.74. The van der Waals surface area contributed by atoms with Crippen LogP contribution in [0.15, 0.2) is 0 Å². The maximum absolute atomic E-state index is 14.8. The molecule has 1 heterocycles. The van der Waals surface area contributed by atoms with Crippen molar-refractivity contribution >= 4 is 5.97 Å². The van der Waals surface area contributed by atoms with Gasteiger partial charge in [0.05, 0.1) is 11.8 Å². The van der Waals surface area contributed by atoms with Gasteiger partial charge in [-0.15, -0.1) is 0 Å². The second-order valence-corrected chi connectivity index (χ2v) is 7.60. The molecule has 2 unspecified atom stereocenters. The Hall–Kier alpha value is -1.17. The smallest absolute Gasteiger partial charge is 0.442 e. The van der Waals surface area contributed by atoms with Gasteiger partial charge in [-0.1, -0.05) is 6.92 Å². The summed E-state index contributed by atoms with van der Waals surface area (Å²) in [5.41, 5.74) is -10.1. The van der Waals surface area contributed by atoms with Crippen LogP contribution >= 0.6 is 0 Å². The number of carbonyl (C=O) groups excluding carboxylic acids is 1. The third-order valence-corrected chi connectivity index (χ3v) is 4.78. The zero-order valence-corrected chi connectivity index (χ0v) is 15.1. The molecule has 0 bridgehead atoms. The standard InChI is InChI=1S/C15H20F8O4/c1-6-9(2,3)8(24)26-11(14(18,19)20)7-12(25,15(21,22)23)27-10(4,5)13(11,16)17/h25H,6-7H2,1-5H3. The van der Waals surface area contributed by atoms with Gasteiger partial charge in [-0.05, 0) is 34.1 Å². The van der Waals surface area contributed by atoms with E-state index in [2.05, 4.69) is 9.47 Å². The van der Waals surface area contributed by atoms with Gasteiger partial charge in [0.25, 0.3) is 11.4 Å². The highest BCUT2D eigenvalue weighted by Gasteiger charge is 2.85. The van der Waals surface area contributed by atoms with Gasteiger partial charge in [-0.25, -0.2) is 0 Å². The van der Waals surface area contributed by atoms with Crippen molar-refractivity contribution in [1.82, 2.24) is 0 Å². The van der Waals surface area contributed by atoms with Crippen LogP contribution in [-0.2, 0) is 14.3 Å². The summed E-state index contributed by atoms with van der Waals surface area (Å²) in [6.07, 6.45) is -14.9. The zero-order chi connectivity index (χ0) is 21.9. The number of alkyl halides is 8. The number of esters is 1. The molecule has 0 aromatic heterocycles. The number of hydrogen-bond acceptors (Lipinski definition) is 4. The van der Waals surface area contributed by atoms with Crippen LogP contribution < -0.4 is 0 Å². The lowest BCUT2D eigenvalue weighted by molar-refractivity contribution is -0.488. The topological polar surface area (TPSA) is 55.8 Å². The summed E-state index contributed by atoms with van der Waals surface area (Å²) >= 11 is 0. The summed E-state index contributed by atoms with van der Waals surface area (Å²) in [5, 5.41) is 9.68. The van der Waals surface area contributed by atoms with E-state index in [0.29, 0.717) is 0 Å². The average Bonchev–Trinajstić information content (AvgIpc) is 2.41. The van der Waals surface area contributed by atoms with E-state index in [1.54, 1.807) is 0 Å². The Kier molecular flexibility index (Phi) is 5.45. The zero-order valence-electron chi connectivity index (χ0n) is 15.1. The lowest BCUT2D eigenvalue weighted by Gasteiger charge is -2.55. The second-order valence-electron chi connectivity index (χ2n) is 7.60. The van der Waals surface area contributed by atoms with Crippen molar-refractivity contribution < 1.29 is 54.5 Å². The molecule has 0 saturated carbocycles. The van der Waals surface area contributed by atoms with E-state index in [1.165, 1.54) is 6.92 Å². The molecule has 1 N–H and O–H groups in total. The molecule has 1 fully saturated rings. The van der Waals surface area contributed by atoms with Crippen LogP contribution in [0, 0.1) is 5.41 Å². The van der Waals surface area contributed by atoms with Crippen LogP contribution in [0.4, 0.5) is 35.1 Å². The monoisotopic (exact) mass is 416 g/mol. The molecule has 12 heteroatoms. The van der Waals surface area contributed by atoms with Gasteiger partial charge in [0.15, 0.2) is 0 Å². The molecule has 0 aromatic carbocycles. The fourth-order valence-corrected chi connectivity index (χ4v) is 2.49. The number of carbonyl (C=O) groups is 1. The molecule has 0 radical (unpaired) electrons. The van der Waals surface area contributed by atoms with E-state index >= 15 is 0 Å². The molecule has 1 aliphatic rings. The van der Waals surface area contributed by atoms with Crippen molar-refractivity contribution in [2.24, 2.45) is 5.41 Å². The Bertz CT molecular complexity index is 596. The molecule has 0 spiro atoms. The Morgan fingerprint density at radius 3 is 1.85 bits per heavy atom. The van der Waals surface area contributed by atoms with Gasteiger partial charge in [0.1, 0.15) is 5.60 Å². The SMILES string of the molecule is CCC(C)(C)C(=O)OC1(C(F)(F)F)CC(O)(C(F)(F)F)OC(C)(C)C1(F)F. The molecule has 2 atom stereocenters. The summed E-state index contributed by atoms with van der Waals surface area (Å²) in [4.78, 5) is 12.1. The highest BCUT2D eigenvalue weighted by Crippen LogP contribution is 2.61. The molecule has 1 saturated heterocycles. The average molecular weight is 416 g/mol. The van der Waals surface area contributed by atoms with Crippen molar-refractivity contribution in [3.05, 3.63) is 0 Å². The number of halogens is 8. The number of hydrogen-bond donors (Lipinski definition) is 1. The Labute approximate surface area is 149 Å². The van der Waals surface area contributed by atoms with Crippen LogP contribution in [-0.4, -0.2) is 46.3 Å². The summed E-state index contributed by atoms with van der Waals surface area (Å²) < 4.78 is 118. The van der Waals surface area contributed by atoms with Gasteiger partial charge < -0.3 is 14.6 Å². The molecular weight excluding hydrogens is 396 g/mol. The van der Waals surface area contributed by atoms with Crippen molar-refractivity contribution in [2.45, 2.75) is 82.7 Å². The van der Waals surface area contributed by atoms with Gasteiger partial charge >= 0.3 is 24.2 Å². The van der Waals surface area contributed by atoms with E-state index in [4.69, 9.17) is 0 Å². The third kappa shape index (κ3) is 3.50. The van der Waals surface area contributed by atoms with Gasteiger partial charge in [-0.2, -0.15) is 35.1 Å². The van der Waals surface area contributed by atoms with Gasteiger partial charge in [0.2, 0.25) is 0 Å². The molecule has 1 aliphatic heterocycles. The van der Waals surface area contributed by atoms with Crippen molar-refractivity contribution in [1.29, 1.82) is 0 Å². The molecule has 160 valence electrons. The first-order valence-corrected chi connectivity index (χ1v) is 7.77. The third-order valence-electron chi connectivity index (χ3n) is 4.78. The first-order valence-electron chi connectivity index (χ1n) is 7.77. The number of aliphatic hydroxyl groups is 1. The van der Waals surface area contributed by atoms with Gasteiger partial charge in [0, 0.05) is 0 Å². The maximum atomic E-state index is 14.8. The maximum Gasteiger partial charge on any atom is 0.443 e. The highest BCUT2D eigenvalue weighted by atomic mass is 19.4. The number of rotatable bonds is 3. The molecular formula is C15H20F8O4. The molecule has 1 rings (SSSR count). The summed E-state index contributed by atoms with van der Waals surface area (Å²) in [6, 6.07) is 0. The Balaban J connectivity index is 3.74. The molecule has 0 aromatic rings. The molecule has 27 heavy (non-hydrogen) atoms. The van der Waals surface area contributed by atoms with E-state index in [-0.39, 0.29) is 20.3 Å². The van der Waals surface area contributed by atoms with Crippen LogP contribution in [0.5, 0.6) is 0 Å². The highest BCUT2D eigenvalue weighted by molar-refractivity contribution is 5.76. The van der Waals surface area contributed by atoms with Crippen molar-refractivity contribution in [3.8, 4) is 0 Å². The first kappa shape index (κ1) is 23.9. The molecule has 4 nitrogen and oxygen atoms in total. The van der Waals surface area contributed by atoms with Crippen LogP contribution in [0.3, 0.4) is 0 Å². The molecule has 0 amide bonds. The van der Waals surface area contributed by atoms with Gasteiger partial charge in [-0.3, -0.25) is 4.79 Å². The second kappa shape index (κ2) is 6.16. The summed E-state index contributed by atoms with van der Waals surface area (Å²) in [5.74, 6) is -11.6. The van der Waals surface area contributed by atoms with Crippen molar-refractivity contribution in [3.63, 3.8) is 0 Å². The number of ether oxygens (including phenoxy) is 2. The molecule has 0 aliphatic carbocycles. The van der Waals surface area contributed by atoms with E-state index in [0.717, 1.165) is 13.8 Å². The predicted octanol–water partition coefficient (Wildman–Crippen LogP) is 4.35. The predicted molar refractivity (Wildman–Crippen MR) is 74.7 cm³/mol. The largest absolute Gasteiger partial charge is 0.443 e. The quantitative estimate of drug-likeness (QED) is 0.549. The lowest BCUT2D eigenvalue weighted by Crippen LogP contribution is -2.78. The summed E-state index contributed by atoms with van der Waals surface area (Å²) in [7, 11) is 0. The van der Waals surface area contributed by atoms with E-state index < -0.39 is 53.1 Å². The Morgan fingerprint density at radius 2 is 1.52 bits per heavy atom. The minimum Gasteiger partial charge on any atom is -0.442 e. The Morgan fingerprint density at radius 1 is 1.07 bits per heavy atom. The van der Waals surface area contributed by atoms with E-state index in [9.17, 15) is 45.0 Å².